The number of nitrogens with one attached hydrogen (secondary N) is 2. The summed E-state index contributed by atoms with van der Waals surface area (Å²) in [6.07, 6.45) is 1.72. The zero-order chi connectivity index (χ0) is 18.3. The van der Waals surface area contributed by atoms with Crippen molar-refractivity contribution in [1.82, 2.24) is 14.9 Å². The van der Waals surface area contributed by atoms with Crippen LogP contribution in [0.25, 0.3) is 0 Å². The van der Waals surface area contributed by atoms with E-state index in [9.17, 15) is 8.42 Å². The first-order valence-electron chi connectivity index (χ1n) is 8.93. The van der Waals surface area contributed by atoms with Crippen molar-refractivity contribution in [1.29, 1.82) is 0 Å². The standard InChI is InChI=1S/C18H30N4O2S.HI/c1-15(2)13-20-18(19-3)21-14-16-9-11-22(12-10-16)25(23,24)17-7-5-4-6-8-17;/h4-8,15-16H,9-14H2,1-3H3,(H2,19,20,21);1H. The number of halogens is 1. The molecule has 1 aromatic rings. The molecule has 0 saturated carbocycles. The van der Waals surface area contributed by atoms with E-state index >= 15 is 0 Å². The molecule has 1 heterocycles. The van der Waals surface area contributed by atoms with E-state index in [1.807, 2.05) is 6.07 Å². The Bertz CT molecular complexity index is 657. The zero-order valence-electron chi connectivity index (χ0n) is 15.8. The summed E-state index contributed by atoms with van der Waals surface area (Å²) in [5.41, 5.74) is 0. The lowest BCUT2D eigenvalue weighted by atomic mass is 9.98. The lowest BCUT2D eigenvalue weighted by molar-refractivity contribution is 0.273. The number of sulfonamides is 1. The average molecular weight is 494 g/mol. The van der Waals surface area contributed by atoms with Crippen LogP contribution in [0.15, 0.2) is 40.2 Å². The fourth-order valence-electron chi connectivity index (χ4n) is 2.86. The number of guanidine groups is 1. The molecule has 6 nitrogen and oxygen atoms in total. The third kappa shape index (κ3) is 6.70. The predicted molar refractivity (Wildman–Crippen MR) is 118 cm³/mol. The highest BCUT2D eigenvalue weighted by atomic mass is 127. The van der Waals surface area contributed by atoms with Gasteiger partial charge in [-0.15, -0.1) is 24.0 Å². The van der Waals surface area contributed by atoms with Crippen LogP contribution in [-0.2, 0) is 10.0 Å². The van der Waals surface area contributed by atoms with Crippen LogP contribution in [0.1, 0.15) is 26.7 Å². The van der Waals surface area contributed by atoms with Crippen molar-refractivity contribution in [3.63, 3.8) is 0 Å². The molecule has 1 aromatic carbocycles. The Kier molecular flexibility index (Phi) is 9.88. The van der Waals surface area contributed by atoms with Gasteiger partial charge >= 0.3 is 0 Å². The number of benzene rings is 1. The Labute approximate surface area is 174 Å². The molecule has 1 aliphatic heterocycles. The Hall–Kier alpha value is -0.870. The van der Waals surface area contributed by atoms with E-state index in [-0.39, 0.29) is 24.0 Å². The zero-order valence-corrected chi connectivity index (χ0v) is 19.0. The van der Waals surface area contributed by atoms with Gasteiger partial charge in [0.2, 0.25) is 10.0 Å². The van der Waals surface area contributed by atoms with Gasteiger partial charge in [0.05, 0.1) is 4.90 Å². The van der Waals surface area contributed by atoms with Crippen LogP contribution in [0.4, 0.5) is 0 Å². The normalized spacial score (nSPS) is 17.0. The van der Waals surface area contributed by atoms with Crippen molar-refractivity contribution in [3.8, 4) is 0 Å². The highest BCUT2D eigenvalue weighted by Crippen LogP contribution is 2.23. The first-order valence-corrected chi connectivity index (χ1v) is 10.4. The second kappa shape index (κ2) is 11.1. The Morgan fingerprint density at radius 2 is 1.81 bits per heavy atom. The van der Waals surface area contributed by atoms with Gasteiger partial charge in [0, 0.05) is 33.2 Å². The van der Waals surface area contributed by atoms with Gasteiger partial charge < -0.3 is 10.6 Å². The van der Waals surface area contributed by atoms with E-state index in [2.05, 4.69) is 29.5 Å². The number of nitrogens with zero attached hydrogens (tertiary/aromatic N) is 2. The first-order chi connectivity index (χ1) is 11.9. The summed E-state index contributed by atoms with van der Waals surface area (Å²) < 4.78 is 26.9. The van der Waals surface area contributed by atoms with E-state index in [4.69, 9.17) is 0 Å². The SMILES string of the molecule is CN=C(NCC(C)C)NCC1CCN(S(=O)(=O)c2ccccc2)CC1.I. The molecule has 0 unspecified atom stereocenters. The second-order valence-corrected chi connectivity index (χ2v) is 8.83. The van der Waals surface area contributed by atoms with Crippen molar-refractivity contribution >= 4 is 40.0 Å². The summed E-state index contributed by atoms with van der Waals surface area (Å²) in [6.45, 7) is 7.15. The molecule has 0 aromatic heterocycles. The van der Waals surface area contributed by atoms with Crippen molar-refractivity contribution in [2.24, 2.45) is 16.8 Å². The molecule has 0 bridgehead atoms. The Balaban J connectivity index is 0.00000338. The maximum atomic E-state index is 12.6. The highest BCUT2D eigenvalue weighted by Gasteiger charge is 2.29. The Morgan fingerprint density at radius 3 is 2.35 bits per heavy atom. The molecule has 148 valence electrons. The third-order valence-electron chi connectivity index (χ3n) is 4.41. The van der Waals surface area contributed by atoms with Crippen LogP contribution in [-0.4, -0.2) is 51.9 Å². The van der Waals surface area contributed by atoms with Gasteiger partial charge in [-0.2, -0.15) is 4.31 Å². The number of hydrogen-bond donors (Lipinski definition) is 2. The van der Waals surface area contributed by atoms with Gasteiger partial charge in [-0.25, -0.2) is 8.42 Å². The Morgan fingerprint density at radius 1 is 1.19 bits per heavy atom. The monoisotopic (exact) mass is 494 g/mol. The lowest BCUT2D eigenvalue weighted by Crippen LogP contribution is -2.44. The third-order valence-corrected chi connectivity index (χ3v) is 6.33. The lowest BCUT2D eigenvalue weighted by Gasteiger charge is -2.31. The van der Waals surface area contributed by atoms with Crippen LogP contribution in [0.3, 0.4) is 0 Å². The minimum atomic E-state index is -3.36. The second-order valence-electron chi connectivity index (χ2n) is 6.89. The van der Waals surface area contributed by atoms with Crippen molar-refractivity contribution in [2.75, 3.05) is 33.2 Å². The number of piperidine rings is 1. The number of rotatable bonds is 6. The topological polar surface area (TPSA) is 73.8 Å². The van der Waals surface area contributed by atoms with Gasteiger partial charge in [-0.1, -0.05) is 32.0 Å². The summed E-state index contributed by atoms with van der Waals surface area (Å²) in [4.78, 5) is 4.61. The van der Waals surface area contributed by atoms with Gasteiger partial charge in [-0.05, 0) is 36.8 Å². The van der Waals surface area contributed by atoms with Crippen molar-refractivity contribution < 1.29 is 8.42 Å². The first kappa shape index (κ1) is 23.2. The van der Waals surface area contributed by atoms with Crippen LogP contribution >= 0.6 is 24.0 Å². The summed E-state index contributed by atoms with van der Waals surface area (Å²) in [6, 6.07) is 8.68. The molecule has 8 heteroatoms. The smallest absolute Gasteiger partial charge is 0.243 e. The van der Waals surface area contributed by atoms with Crippen LogP contribution in [0, 0.1) is 11.8 Å². The molecule has 0 amide bonds. The fraction of sp³-hybridized carbons (Fsp3) is 0.611. The summed E-state index contributed by atoms with van der Waals surface area (Å²) in [7, 11) is -1.59. The summed E-state index contributed by atoms with van der Waals surface area (Å²) in [5, 5.41) is 6.65. The van der Waals surface area contributed by atoms with Gasteiger partial charge in [0.15, 0.2) is 5.96 Å². The minimum Gasteiger partial charge on any atom is -0.356 e. The number of aliphatic imine (C=N–C) groups is 1. The largest absolute Gasteiger partial charge is 0.356 e. The van der Waals surface area contributed by atoms with Gasteiger partial charge in [0.25, 0.3) is 0 Å². The minimum absolute atomic E-state index is 0. The maximum Gasteiger partial charge on any atom is 0.243 e. The van der Waals surface area contributed by atoms with E-state index in [1.165, 1.54) is 0 Å². The van der Waals surface area contributed by atoms with E-state index < -0.39 is 10.0 Å². The highest BCUT2D eigenvalue weighted by molar-refractivity contribution is 14.0. The molecule has 1 aliphatic rings. The molecule has 26 heavy (non-hydrogen) atoms. The molecule has 2 rings (SSSR count). The molecule has 1 fully saturated rings. The summed E-state index contributed by atoms with van der Waals surface area (Å²) >= 11 is 0. The van der Waals surface area contributed by atoms with E-state index in [1.54, 1.807) is 35.6 Å². The summed E-state index contributed by atoms with van der Waals surface area (Å²) in [5.74, 6) is 1.83. The quantitative estimate of drug-likeness (QED) is 0.362. The van der Waals surface area contributed by atoms with Crippen LogP contribution in [0.5, 0.6) is 0 Å². The number of hydrogen-bond acceptors (Lipinski definition) is 3. The molecule has 2 N–H and O–H groups in total. The molecule has 0 atom stereocenters. The van der Waals surface area contributed by atoms with E-state index in [0.29, 0.717) is 29.8 Å². The molecular formula is C18H31IN4O2S. The van der Waals surface area contributed by atoms with Crippen molar-refractivity contribution in [2.45, 2.75) is 31.6 Å². The molecule has 0 aliphatic carbocycles. The van der Waals surface area contributed by atoms with Crippen LogP contribution < -0.4 is 10.6 Å². The van der Waals surface area contributed by atoms with Crippen molar-refractivity contribution in [3.05, 3.63) is 30.3 Å². The van der Waals surface area contributed by atoms with E-state index in [0.717, 1.165) is 31.9 Å². The molecule has 0 spiro atoms. The molecule has 0 radical (unpaired) electrons. The molecular weight excluding hydrogens is 463 g/mol. The maximum absolute atomic E-state index is 12.6. The molecule has 1 saturated heterocycles. The average Bonchev–Trinajstić information content (AvgIpc) is 2.63. The van der Waals surface area contributed by atoms with Crippen LogP contribution in [0.2, 0.25) is 0 Å². The predicted octanol–water partition coefficient (Wildman–Crippen LogP) is 2.53. The fourth-order valence-corrected chi connectivity index (χ4v) is 4.35. The van der Waals surface area contributed by atoms with Gasteiger partial charge in [-0.3, -0.25) is 4.99 Å². The van der Waals surface area contributed by atoms with Gasteiger partial charge in [0.1, 0.15) is 0 Å².